The van der Waals surface area contributed by atoms with Crippen LogP contribution in [-0.2, 0) is 0 Å². The molecule has 4 heteroatoms. The van der Waals surface area contributed by atoms with Gasteiger partial charge < -0.3 is 0 Å². The Hall–Kier alpha value is -6.75. The Morgan fingerprint density at radius 1 is 0.302 bits per heavy atom. The van der Waals surface area contributed by atoms with E-state index in [1.54, 1.807) is 0 Å². The van der Waals surface area contributed by atoms with Crippen molar-refractivity contribution in [3.8, 4) is 45.3 Å². The summed E-state index contributed by atoms with van der Waals surface area (Å²) < 4.78 is 2.66. The maximum absolute atomic E-state index is 5.06. The van der Waals surface area contributed by atoms with Gasteiger partial charge in [-0.15, -0.1) is 11.3 Å². The average molecular weight is 692 g/mol. The maximum atomic E-state index is 5.06. The highest BCUT2D eigenvalue weighted by Gasteiger charge is 2.17. The van der Waals surface area contributed by atoms with E-state index in [4.69, 9.17) is 15.0 Å². The van der Waals surface area contributed by atoms with Crippen molar-refractivity contribution in [2.45, 2.75) is 0 Å². The standard InChI is InChI=1S/C49H29N3S/c1-3-11-32(12-4-1)47-50-48(33-13-5-2-6-14-33)52-49(51-47)40-27-26-36(38-15-7-8-16-39(38)40)34-23-25-37-35(29-34)22-21-30-19-20-31-24-28-43-46(45(31)44(30)37)41-17-9-10-18-42(41)53-43/h1-29H. The summed E-state index contributed by atoms with van der Waals surface area (Å²) in [4.78, 5) is 15.0. The summed E-state index contributed by atoms with van der Waals surface area (Å²) in [5.74, 6) is 1.97. The smallest absolute Gasteiger partial charge is 0.164 e. The van der Waals surface area contributed by atoms with Crippen molar-refractivity contribution in [2.75, 3.05) is 0 Å². The third-order valence-electron chi connectivity index (χ3n) is 10.5. The number of hydrogen-bond donors (Lipinski definition) is 0. The van der Waals surface area contributed by atoms with Crippen LogP contribution in [0.25, 0.3) is 109 Å². The van der Waals surface area contributed by atoms with Crippen LogP contribution >= 0.6 is 11.3 Å². The largest absolute Gasteiger partial charge is 0.208 e. The molecular formula is C49H29N3S. The van der Waals surface area contributed by atoms with Crippen LogP contribution in [0.1, 0.15) is 0 Å². The molecule has 0 saturated carbocycles. The molecule has 0 N–H and O–H groups in total. The van der Waals surface area contributed by atoms with E-state index < -0.39 is 0 Å². The topological polar surface area (TPSA) is 38.7 Å². The van der Waals surface area contributed by atoms with Gasteiger partial charge in [-0.05, 0) is 78.5 Å². The lowest BCUT2D eigenvalue weighted by Gasteiger charge is -2.14. The van der Waals surface area contributed by atoms with Gasteiger partial charge >= 0.3 is 0 Å². The van der Waals surface area contributed by atoms with E-state index in [-0.39, 0.29) is 0 Å². The second-order valence-electron chi connectivity index (χ2n) is 13.5. The molecule has 0 fully saturated rings. The van der Waals surface area contributed by atoms with Gasteiger partial charge in [0.15, 0.2) is 17.5 Å². The fraction of sp³-hybridized carbons (Fsp3) is 0. The van der Waals surface area contributed by atoms with Gasteiger partial charge in [-0.3, -0.25) is 0 Å². The van der Waals surface area contributed by atoms with Gasteiger partial charge in [-0.1, -0.05) is 152 Å². The molecule has 53 heavy (non-hydrogen) atoms. The van der Waals surface area contributed by atoms with Crippen LogP contribution in [0.3, 0.4) is 0 Å². The average Bonchev–Trinajstić information content (AvgIpc) is 3.62. The second kappa shape index (κ2) is 11.9. The first-order chi connectivity index (χ1) is 26.3. The molecule has 0 aliphatic heterocycles. The van der Waals surface area contributed by atoms with Crippen molar-refractivity contribution < 1.29 is 0 Å². The molecule has 0 radical (unpaired) electrons. The van der Waals surface area contributed by atoms with Crippen LogP contribution in [-0.4, -0.2) is 15.0 Å². The lowest BCUT2D eigenvalue weighted by atomic mass is 9.90. The van der Waals surface area contributed by atoms with Gasteiger partial charge in [0.05, 0.1) is 0 Å². The van der Waals surface area contributed by atoms with Crippen LogP contribution in [0, 0.1) is 0 Å². The molecule has 0 atom stereocenters. The summed E-state index contributed by atoms with van der Waals surface area (Å²) in [5.41, 5.74) is 5.25. The minimum atomic E-state index is 0.657. The van der Waals surface area contributed by atoms with Crippen molar-refractivity contribution >= 4 is 74.6 Å². The lowest BCUT2D eigenvalue weighted by Crippen LogP contribution is -2.00. The molecule has 3 nitrogen and oxygen atoms in total. The summed E-state index contributed by atoms with van der Waals surface area (Å²) in [6.45, 7) is 0. The molecule has 0 spiro atoms. The molecule has 2 heterocycles. The predicted molar refractivity (Wildman–Crippen MR) is 224 cm³/mol. The molecule has 0 amide bonds. The first kappa shape index (κ1) is 29.9. The van der Waals surface area contributed by atoms with Gasteiger partial charge in [0, 0.05) is 36.9 Å². The van der Waals surface area contributed by atoms with Crippen molar-refractivity contribution in [3.63, 3.8) is 0 Å². The zero-order valence-electron chi connectivity index (χ0n) is 28.5. The van der Waals surface area contributed by atoms with Crippen molar-refractivity contribution in [1.29, 1.82) is 0 Å². The number of fused-ring (bicyclic) bond motifs is 10. The van der Waals surface area contributed by atoms with E-state index in [1.807, 2.05) is 72.0 Å². The van der Waals surface area contributed by atoms with E-state index in [0.717, 1.165) is 27.5 Å². The molecule has 11 rings (SSSR count). The summed E-state index contributed by atoms with van der Waals surface area (Å²) in [7, 11) is 0. The van der Waals surface area contributed by atoms with Crippen LogP contribution in [0.15, 0.2) is 176 Å². The zero-order chi connectivity index (χ0) is 34.9. The Morgan fingerprint density at radius 3 is 1.57 bits per heavy atom. The van der Waals surface area contributed by atoms with Gasteiger partial charge in [-0.2, -0.15) is 0 Å². The van der Waals surface area contributed by atoms with E-state index in [0.29, 0.717) is 17.5 Å². The number of nitrogens with zero attached hydrogens (tertiary/aromatic N) is 3. The van der Waals surface area contributed by atoms with Crippen molar-refractivity contribution in [3.05, 3.63) is 176 Å². The fourth-order valence-corrected chi connectivity index (χ4v) is 9.14. The molecule has 0 aliphatic carbocycles. The number of hydrogen-bond acceptors (Lipinski definition) is 4. The molecule has 2 aromatic heterocycles. The molecule has 9 aromatic carbocycles. The quantitative estimate of drug-likeness (QED) is 0.172. The summed E-state index contributed by atoms with van der Waals surface area (Å²) in [6.07, 6.45) is 0. The zero-order valence-corrected chi connectivity index (χ0v) is 29.3. The molecule has 0 bridgehead atoms. The van der Waals surface area contributed by atoms with Crippen molar-refractivity contribution in [1.82, 2.24) is 15.0 Å². The minimum Gasteiger partial charge on any atom is -0.208 e. The van der Waals surface area contributed by atoms with E-state index in [1.165, 1.54) is 63.6 Å². The molecule has 246 valence electrons. The second-order valence-corrected chi connectivity index (χ2v) is 14.6. The Balaban J connectivity index is 1.10. The molecule has 0 saturated heterocycles. The van der Waals surface area contributed by atoms with Crippen LogP contribution in [0.5, 0.6) is 0 Å². The maximum Gasteiger partial charge on any atom is 0.164 e. The first-order valence-electron chi connectivity index (χ1n) is 17.9. The number of thiophene rings is 1. The fourth-order valence-electron chi connectivity index (χ4n) is 8.03. The predicted octanol–water partition coefficient (Wildman–Crippen LogP) is 13.5. The highest BCUT2D eigenvalue weighted by molar-refractivity contribution is 7.26. The first-order valence-corrected chi connectivity index (χ1v) is 18.7. The number of aromatic nitrogens is 3. The highest BCUT2D eigenvalue weighted by Crippen LogP contribution is 2.44. The Labute approximate surface area is 309 Å². The highest BCUT2D eigenvalue weighted by atomic mass is 32.1. The Bertz CT molecular complexity index is 3160. The van der Waals surface area contributed by atoms with Crippen LogP contribution in [0.2, 0.25) is 0 Å². The Kier molecular flexibility index (Phi) is 6.73. The monoisotopic (exact) mass is 691 g/mol. The normalized spacial score (nSPS) is 11.8. The van der Waals surface area contributed by atoms with Gasteiger partial charge in [0.2, 0.25) is 0 Å². The summed E-state index contributed by atoms with van der Waals surface area (Å²) >= 11 is 1.88. The minimum absolute atomic E-state index is 0.657. The van der Waals surface area contributed by atoms with E-state index >= 15 is 0 Å². The third kappa shape index (κ3) is 4.84. The molecule has 0 aliphatic rings. The molecule has 0 unspecified atom stereocenters. The van der Waals surface area contributed by atoms with Crippen molar-refractivity contribution in [2.24, 2.45) is 0 Å². The van der Waals surface area contributed by atoms with Crippen LogP contribution < -0.4 is 0 Å². The third-order valence-corrected chi connectivity index (χ3v) is 11.6. The Morgan fingerprint density at radius 2 is 0.849 bits per heavy atom. The SMILES string of the molecule is c1ccc(-c2nc(-c3ccccc3)nc(-c3ccc(-c4ccc5c(ccc6ccc7ccc8sc9ccccc9c8c7c65)c4)c4ccccc34)n2)cc1. The van der Waals surface area contributed by atoms with Gasteiger partial charge in [-0.25, -0.2) is 15.0 Å². The van der Waals surface area contributed by atoms with E-state index in [9.17, 15) is 0 Å². The van der Waals surface area contributed by atoms with Gasteiger partial charge in [0.25, 0.3) is 0 Å². The lowest BCUT2D eigenvalue weighted by molar-refractivity contribution is 1.08. The summed E-state index contributed by atoms with van der Waals surface area (Å²) in [5, 5.41) is 12.6. The summed E-state index contributed by atoms with van der Waals surface area (Å²) in [6, 6.07) is 62.7. The number of benzene rings is 9. The molecular weight excluding hydrogens is 663 g/mol. The van der Waals surface area contributed by atoms with Crippen LogP contribution in [0.4, 0.5) is 0 Å². The van der Waals surface area contributed by atoms with E-state index in [2.05, 4.69) is 115 Å². The van der Waals surface area contributed by atoms with Gasteiger partial charge in [0.1, 0.15) is 0 Å². The molecule has 11 aromatic rings. The number of rotatable bonds is 4.